The van der Waals surface area contributed by atoms with Crippen molar-refractivity contribution in [2.24, 2.45) is 5.73 Å². The van der Waals surface area contributed by atoms with Crippen LogP contribution >= 0.6 is 0 Å². The largest absolute Gasteiger partial charge is 0.508 e. The molecule has 1 unspecified atom stereocenters. The second-order valence-electron chi connectivity index (χ2n) is 5.12. The number of benzene rings is 2. The summed E-state index contributed by atoms with van der Waals surface area (Å²) < 4.78 is 0. The second kappa shape index (κ2) is 6.90. The maximum absolute atomic E-state index is 12.0. The van der Waals surface area contributed by atoms with Crippen LogP contribution in [0.15, 0.2) is 48.5 Å². The van der Waals surface area contributed by atoms with Gasteiger partial charge in [0.1, 0.15) is 5.75 Å². The Bertz CT molecular complexity index is 611. The molecule has 0 aromatic heterocycles. The Morgan fingerprint density at radius 2 is 1.95 bits per heavy atom. The molecule has 0 radical (unpaired) electrons. The van der Waals surface area contributed by atoms with Gasteiger partial charge in [-0.1, -0.05) is 36.4 Å². The van der Waals surface area contributed by atoms with Crippen LogP contribution in [-0.2, 0) is 11.2 Å². The third-order valence-electron chi connectivity index (χ3n) is 3.40. The van der Waals surface area contributed by atoms with Gasteiger partial charge in [0, 0.05) is 11.8 Å². The number of rotatable bonds is 5. The number of nitrogens with two attached hydrogens (primary N) is 1. The van der Waals surface area contributed by atoms with Gasteiger partial charge in [-0.15, -0.1) is 0 Å². The second-order valence-corrected chi connectivity index (χ2v) is 5.12. The van der Waals surface area contributed by atoms with Gasteiger partial charge >= 0.3 is 0 Å². The van der Waals surface area contributed by atoms with Crippen molar-refractivity contribution in [3.8, 4) is 5.75 Å². The molecular weight excluding hydrogens is 264 g/mol. The van der Waals surface area contributed by atoms with Gasteiger partial charge in [0.25, 0.3) is 0 Å². The van der Waals surface area contributed by atoms with Crippen molar-refractivity contribution in [3.63, 3.8) is 0 Å². The van der Waals surface area contributed by atoms with Gasteiger partial charge in [0.05, 0.1) is 6.04 Å². The van der Waals surface area contributed by atoms with Gasteiger partial charge in [0.15, 0.2) is 0 Å². The van der Waals surface area contributed by atoms with E-state index in [1.165, 1.54) is 6.07 Å². The summed E-state index contributed by atoms with van der Waals surface area (Å²) in [5.41, 5.74) is 8.39. The average molecular weight is 284 g/mol. The van der Waals surface area contributed by atoms with E-state index in [2.05, 4.69) is 5.32 Å². The first-order valence-corrected chi connectivity index (χ1v) is 6.96. The summed E-state index contributed by atoms with van der Waals surface area (Å²) in [5.74, 6) is -0.0835. The predicted molar refractivity (Wildman–Crippen MR) is 84.2 cm³/mol. The molecule has 0 saturated carbocycles. The van der Waals surface area contributed by atoms with E-state index in [9.17, 15) is 9.90 Å². The summed E-state index contributed by atoms with van der Waals surface area (Å²) in [6.07, 6.45) is 1.34. The van der Waals surface area contributed by atoms with Crippen molar-refractivity contribution in [3.05, 3.63) is 59.7 Å². The molecule has 4 heteroatoms. The molecule has 0 fully saturated rings. The van der Waals surface area contributed by atoms with Gasteiger partial charge < -0.3 is 16.2 Å². The normalized spacial score (nSPS) is 11.9. The fourth-order valence-electron chi connectivity index (χ4n) is 2.02. The summed E-state index contributed by atoms with van der Waals surface area (Å²) in [7, 11) is 0. The average Bonchev–Trinajstić information content (AvgIpc) is 2.49. The number of aryl methyl sites for hydroxylation is 2. The van der Waals surface area contributed by atoms with E-state index < -0.39 is 6.04 Å². The smallest absolute Gasteiger partial charge is 0.241 e. The summed E-state index contributed by atoms with van der Waals surface area (Å²) in [6, 6.07) is 14.4. The summed E-state index contributed by atoms with van der Waals surface area (Å²) in [5, 5.41) is 12.3. The minimum atomic E-state index is -0.575. The summed E-state index contributed by atoms with van der Waals surface area (Å²) in [6.45, 7) is 1.80. The monoisotopic (exact) mass is 284 g/mol. The lowest BCUT2D eigenvalue weighted by atomic mass is 10.1. The fraction of sp³-hybridized carbons (Fsp3) is 0.235. The van der Waals surface area contributed by atoms with Crippen LogP contribution in [0.5, 0.6) is 5.75 Å². The fourth-order valence-corrected chi connectivity index (χ4v) is 2.02. The maximum Gasteiger partial charge on any atom is 0.241 e. The molecule has 2 aromatic carbocycles. The number of phenolic OH excluding ortho intramolecular Hbond substituents is 1. The molecule has 0 aliphatic carbocycles. The zero-order chi connectivity index (χ0) is 15.2. The molecule has 0 aliphatic heterocycles. The standard InChI is InChI=1S/C17H20N2O2/c1-12-7-9-14(11-16(12)20)19-17(21)15(18)10-8-13-5-3-2-4-6-13/h2-7,9,11,15,20H,8,10,18H2,1H3,(H,19,21). The molecule has 4 nitrogen and oxygen atoms in total. The minimum Gasteiger partial charge on any atom is -0.508 e. The number of hydrogen-bond acceptors (Lipinski definition) is 3. The minimum absolute atomic E-state index is 0.158. The lowest BCUT2D eigenvalue weighted by molar-refractivity contribution is -0.117. The molecule has 1 amide bonds. The van der Waals surface area contributed by atoms with Gasteiger partial charge in [0.2, 0.25) is 5.91 Å². The van der Waals surface area contributed by atoms with Crippen LogP contribution in [0.2, 0.25) is 0 Å². The van der Waals surface area contributed by atoms with E-state index in [0.29, 0.717) is 12.1 Å². The highest BCUT2D eigenvalue weighted by Gasteiger charge is 2.14. The van der Waals surface area contributed by atoms with Crippen LogP contribution in [0.25, 0.3) is 0 Å². The van der Waals surface area contributed by atoms with Crippen molar-refractivity contribution in [2.75, 3.05) is 5.32 Å². The number of anilines is 1. The molecule has 0 heterocycles. The van der Waals surface area contributed by atoms with Crippen LogP contribution in [-0.4, -0.2) is 17.1 Å². The third kappa shape index (κ3) is 4.33. The van der Waals surface area contributed by atoms with E-state index >= 15 is 0 Å². The van der Waals surface area contributed by atoms with E-state index in [4.69, 9.17) is 5.73 Å². The Morgan fingerprint density at radius 3 is 2.62 bits per heavy atom. The Kier molecular flexibility index (Phi) is 4.95. The van der Waals surface area contributed by atoms with E-state index in [-0.39, 0.29) is 11.7 Å². The number of amides is 1. The summed E-state index contributed by atoms with van der Waals surface area (Å²) in [4.78, 5) is 12.0. The zero-order valence-corrected chi connectivity index (χ0v) is 12.0. The molecule has 0 aliphatic rings. The van der Waals surface area contributed by atoms with Crippen LogP contribution in [0.1, 0.15) is 17.5 Å². The molecule has 110 valence electrons. The summed E-state index contributed by atoms with van der Waals surface area (Å²) >= 11 is 0. The van der Waals surface area contributed by atoms with Gasteiger partial charge in [-0.05, 0) is 37.0 Å². The van der Waals surface area contributed by atoms with Crippen molar-refractivity contribution in [1.82, 2.24) is 0 Å². The number of hydrogen-bond donors (Lipinski definition) is 3. The topological polar surface area (TPSA) is 75.4 Å². The molecular formula is C17H20N2O2. The first kappa shape index (κ1) is 15.1. The van der Waals surface area contributed by atoms with Gasteiger partial charge in [-0.3, -0.25) is 4.79 Å². The van der Waals surface area contributed by atoms with Crippen LogP contribution in [0.4, 0.5) is 5.69 Å². The van der Waals surface area contributed by atoms with Crippen molar-refractivity contribution >= 4 is 11.6 Å². The highest BCUT2D eigenvalue weighted by molar-refractivity contribution is 5.94. The number of carbonyl (C=O) groups excluding carboxylic acids is 1. The van der Waals surface area contributed by atoms with Crippen LogP contribution < -0.4 is 11.1 Å². The third-order valence-corrected chi connectivity index (χ3v) is 3.40. The first-order valence-electron chi connectivity index (χ1n) is 6.96. The lowest BCUT2D eigenvalue weighted by Gasteiger charge is -2.13. The van der Waals surface area contributed by atoms with E-state index in [0.717, 1.165) is 17.5 Å². The predicted octanol–water partition coefficient (Wildman–Crippen LogP) is 2.60. The van der Waals surface area contributed by atoms with Crippen molar-refractivity contribution in [2.45, 2.75) is 25.8 Å². The Morgan fingerprint density at radius 1 is 1.24 bits per heavy atom. The lowest BCUT2D eigenvalue weighted by Crippen LogP contribution is -2.36. The Labute approximate surface area is 124 Å². The Hall–Kier alpha value is -2.33. The number of carbonyl (C=O) groups is 1. The molecule has 0 spiro atoms. The quantitative estimate of drug-likeness (QED) is 0.790. The number of phenols is 1. The van der Waals surface area contributed by atoms with Crippen molar-refractivity contribution in [1.29, 1.82) is 0 Å². The number of aromatic hydroxyl groups is 1. The molecule has 2 rings (SSSR count). The van der Waals surface area contributed by atoms with Gasteiger partial charge in [-0.25, -0.2) is 0 Å². The number of nitrogens with one attached hydrogen (secondary N) is 1. The Balaban J connectivity index is 1.89. The first-order chi connectivity index (χ1) is 10.1. The SMILES string of the molecule is Cc1ccc(NC(=O)C(N)CCc2ccccc2)cc1O. The van der Waals surface area contributed by atoms with E-state index in [1.807, 2.05) is 30.3 Å². The maximum atomic E-state index is 12.0. The van der Waals surface area contributed by atoms with E-state index in [1.54, 1.807) is 19.1 Å². The zero-order valence-electron chi connectivity index (χ0n) is 12.0. The van der Waals surface area contributed by atoms with Crippen molar-refractivity contribution < 1.29 is 9.90 Å². The van der Waals surface area contributed by atoms with Gasteiger partial charge in [-0.2, -0.15) is 0 Å². The molecule has 0 saturated heterocycles. The highest BCUT2D eigenvalue weighted by Crippen LogP contribution is 2.20. The molecule has 0 bridgehead atoms. The molecule has 1 atom stereocenters. The van der Waals surface area contributed by atoms with Crippen LogP contribution in [0.3, 0.4) is 0 Å². The molecule has 2 aromatic rings. The molecule has 4 N–H and O–H groups in total. The molecule has 21 heavy (non-hydrogen) atoms. The van der Waals surface area contributed by atoms with Crippen LogP contribution in [0, 0.1) is 6.92 Å². The highest BCUT2D eigenvalue weighted by atomic mass is 16.3.